The molecule has 0 radical (unpaired) electrons. The van der Waals surface area contributed by atoms with Crippen molar-refractivity contribution >= 4 is 17.4 Å². The van der Waals surface area contributed by atoms with Crippen LogP contribution in [0.5, 0.6) is 0 Å². The molecular formula is C13H12N2O2. The Labute approximate surface area is 99.4 Å². The number of amides is 1. The van der Waals surface area contributed by atoms with E-state index in [9.17, 15) is 9.59 Å². The molecule has 17 heavy (non-hydrogen) atoms. The van der Waals surface area contributed by atoms with Crippen LogP contribution in [0.2, 0.25) is 0 Å². The van der Waals surface area contributed by atoms with Crippen LogP contribution < -0.4 is 10.6 Å². The van der Waals surface area contributed by atoms with Gasteiger partial charge >= 0.3 is 0 Å². The van der Waals surface area contributed by atoms with Crippen LogP contribution >= 0.6 is 0 Å². The Morgan fingerprint density at radius 1 is 1.35 bits per heavy atom. The van der Waals surface area contributed by atoms with Gasteiger partial charge in [0.05, 0.1) is 17.8 Å². The number of carbonyl (C=O) groups excluding carboxylic acids is 2. The summed E-state index contributed by atoms with van der Waals surface area (Å²) in [6, 6.07) is 3.58. The molecular weight excluding hydrogens is 216 g/mol. The first-order valence-corrected chi connectivity index (χ1v) is 5.28. The van der Waals surface area contributed by atoms with Crippen LogP contribution in [-0.2, 0) is 4.79 Å². The molecule has 1 heterocycles. The predicted molar refractivity (Wildman–Crippen MR) is 64.9 cm³/mol. The van der Waals surface area contributed by atoms with E-state index in [4.69, 9.17) is 0 Å². The molecule has 1 aliphatic heterocycles. The zero-order chi connectivity index (χ0) is 12.4. The lowest BCUT2D eigenvalue weighted by Gasteiger charge is -2.03. The minimum Gasteiger partial charge on any atom is -0.318 e. The third-order valence-corrected chi connectivity index (χ3v) is 2.57. The highest BCUT2D eigenvalue weighted by Crippen LogP contribution is 2.28. The van der Waals surface area contributed by atoms with Crippen molar-refractivity contribution in [2.45, 2.75) is 6.92 Å². The van der Waals surface area contributed by atoms with Crippen molar-refractivity contribution in [2.75, 3.05) is 18.9 Å². The molecule has 2 rings (SSSR count). The molecule has 0 fully saturated rings. The fourth-order valence-electron chi connectivity index (χ4n) is 1.72. The highest BCUT2D eigenvalue weighted by Gasteiger charge is 2.30. The van der Waals surface area contributed by atoms with Crippen molar-refractivity contribution in [1.82, 2.24) is 5.32 Å². The number of hydrogen-bond acceptors (Lipinski definition) is 3. The van der Waals surface area contributed by atoms with Crippen molar-refractivity contribution in [3.8, 4) is 11.8 Å². The van der Waals surface area contributed by atoms with Gasteiger partial charge in [-0.2, -0.15) is 0 Å². The molecule has 0 saturated heterocycles. The summed E-state index contributed by atoms with van der Waals surface area (Å²) in [5.41, 5.74) is 2.50. The first-order valence-electron chi connectivity index (χ1n) is 5.28. The summed E-state index contributed by atoms with van der Waals surface area (Å²) in [6.07, 6.45) is 0. The van der Waals surface area contributed by atoms with Crippen molar-refractivity contribution < 1.29 is 9.59 Å². The fraction of sp³-hybridized carbons (Fsp3) is 0.231. The highest BCUT2D eigenvalue weighted by molar-refractivity contribution is 6.52. The van der Waals surface area contributed by atoms with Gasteiger partial charge in [-0.05, 0) is 25.6 Å². The third kappa shape index (κ3) is 1.93. The van der Waals surface area contributed by atoms with Gasteiger partial charge in [0.25, 0.3) is 11.7 Å². The largest absolute Gasteiger partial charge is 0.318 e. The van der Waals surface area contributed by atoms with E-state index in [2.05, 4.69) is 22.5 Å². The summed E-state index contributed by atoms with van der Waals surface area (Å²) in [7, 11) is 1.80. The lowest BCUT2D eigenvalue weighted by atomic mass is 9.99. The number of carbonyl (C=O) groups is 2. The number of hydrogen-bond donors (Lipinski definition) is 2. The number of ketones is 1. The van der Waals surface area contributed by atoms with Gasteiger partial charge in [-0.3, -0.25) is 9.59 Å². The van der Waals surface area contributed by atoms with Crippen molar-refractivity contribution in [2.24, 2.45) is 0 Å². The van der Waals surface area contributed by atoms with Gasteiger partial charge < -0.3 is 10.6 Å². The Hall–Kier alpha value is -2.12. The molecule has 1 aromatic rings. The van der Waals surface area contributed by atoms with Crippen LogP contribution in [0, 0.1) is 18.8 Å². The second-order valence-corrected chi connectivity index (χ2v) is 3.80. The second kappa shape index (κ2) is 4.40. The Bertz CT molecular complexity index is 565. The smallest absolute Gasteiger partial charge is 0.296 e. The van der Waals surface area contributed by atoms with Crippen molar-refractivity contribution in [3.05, 3.63) is 28.8 Å². The lowest BCUT2D eigenvalue weighted by molar-refractivity contribution is -0.112. The fourth-order valence-corrected chi connectivity index (χ4v) is 1.72. The van der Waals surface area contributed by atoms with Gasteiger partial charge in [-0.1, -0.05) is 17.9 Å². The van der Waals surface area contributed by atoms with Crippen LogP contribution in [0.25, 0.3) is 0 Å². The van der Waals surface area contributed by atoms with E-state index < -0.39 is 11.7 Å². The third-order valence-electron chi connectivity index (χ3n) is 2.57. The summed E-state index contributed by atoms with van der Waals surface area (Å²) >= 11 is 0. The van der Waals surface area contributed by atoms with E-state index in [-0.39, 0.29) is 0 Å². The number of Topliss-reactive ketones (excluding diaryl/α,β-unsaturated/α-hetero) is 1. The van der Waals surface area contributed by atoms with Crippen LogP contribution in [0.4, 0.5) is 5.69 Å². The highest BCUT2D eigenvalue weighted by atomic mass is 16.2. The maximum absolute atomic E-state index is 11.7. The van der Waals surface area contributed by atoms with Gasteiger partial charge in [0.1, 0.15) is 0 Å². The molecule has 4 nitrogen and oxygen atoms in total. The number of nitrogens with one attached hydrogen (secondary N) is 2. The summed E-state index contributed by atoms with van der Waals surface area (Å²) in [5, 5.41) is 5.44. The number of anilines is 1. The molecule has 0 aliphatic carbocycles. The van der Waals surface area contributed by atoms with Gasteiger partial charge in [0.2, 0.25) is 0 Å². The molecule has 2 N–H and O–H groups in total. The molecule has 0 aromatic heterocycles. The molecule has 0 spiro atoms. The Morgan fingerprint density at radius 3 is 2.82 bits per heavy atom. The van der Waals surface area contributed by atoms with E-state index in [1.165, 1.54) is 0 Å². The average Bonchev–Trinajstić information content (AvgIpc) is 2.59. The lowest BCUT2D eigenvalue weighted by Crippen LogP contribution is -2.13. The molecule has 1 aliphatic rings. The Morgan fingerprint density at radius 2 is 2.12 bits per heavy atom. The van der Waals surface area contributed by atoms with Crippen LogP contribution in [-0.4, -0.2) is 25.3 Å². The molecule has 0 atom stereocenters. The minimum absolute atomic E-state index is 0.401. The zero-order valence-corrected chi connectivity index (χ0v) is 9.68. The van der Waals surface area contributed by atoms with Gasteiger partial charge in [0.15, 0.2) is 0 Å². The van der Waals surface area contributed by atoms with Crippen LogP contribution in [0.1, 0.15) is 21.5 Å². The maximum atomic E-state index is 11.7. The second-order valence-electron chi connectivity index (χ2n) is 3.80. The molecule has 4 heteroatoms. The average molecular weight is 228 g/mol. The van der Waals surface area contributed by atoms with Gasteiger partial charge in [-0.25, -0.2) is 0 Å². The minimum atomic E-state index is -0.581. The summed E-state index contributed by atoms with van der Waals surface area (Å²) in [5.74, 6) is 4.76. The van der Waals surface area contributed by atoms with E-state index >= 15 is 0 Å². The van der Waals surface area contributed by atoms with E-state index in [0.717, 1.165) is 5.56 Å². The Balaban J connectivity index is 2.54. The number of benzene rings is 1. The Kier molecular flexibility index (Phi) is 2.94. The van der Waals surface area contributed by atoms with Gasteiger partial charge in [0, 0.05) is 5.56 Å². The topological polar surface area (TPSA) is 58.2 Å². The zero-order valence-electron chi connectivity index (χ0n) is 9.68. The normalized spacial score (nSPS) is 12.8. The summed E-state index contributed by atoms with van der Waals surface area (Å²) in [4.78, 5) is 23.0. The standard InChI is InChI=1S/C13H12N2O2/c1-8-5-6-10-11(12(16)13(17)15-10)9(8)4-3-7-14-2/h5-6,14H,7H2,1-2H3,(H,15,16,17). The van der Waals surface area contributed by atoms with E-state index in [1.54, 1.807) is 13.1 Å². The van der Waals surface area contributed by atoms with E-state index in [1.807, 2.05) is 13.0 Å². The van der Waals surface area contributed by atoms with Crippen LogP contribution in [0.15, 0.2) is 12.1 Å². The van der Waals surface area contributed by atoms with Gasteiger partial charge in [-0.15, -0.1) is 0 Å². The SMILES string of the molecule is CNCC#Cc1c(C)ccc2c1C(=O)C(=O)N2. The number of fused-ring (bicyclic) bond motifs is 1. The monoisotopic (exact) mass is 228 g/mol. The summed E-state index contributed by atoms with van der Waals surface area (Å²) in [6.45, 7) is 2.42. The molecule has 1 amide bonds. The van der Waals surface area contributed by atoms with Crippen molar-refractivity contribution in [1.29, 1.82) is 0 Å². The first kappa shape index (κ1) is 11.4. The quantitative estimate of drug-likeness (QED) is 0.549. The van der Waals surface area contributed by atoms with Crippen molar-refractivity contribution in [3.63, 3.8) is 0 Å². The molecule has 0 bridgehead atoms. The molecule has 86 valence electrons. The predicted octanol–water partition coefficient (Wildman–Crippen LogP) is 0.701. The van der Waals surface area contributed by atoms with Crippen LogP contribution in [0.3, 0.4) is 0 Å². The maximum Gasteiger partial charge on any atom is 0.296 e. The molecule has 0 saturated carbocycles. The number of rotatable bonds is 1. The number of aryl methyl sites for hydroxylation is 1. The van der Waals surface area contributed by atoms with E-state index in [0.29, 0.717) is 23.4 Å². The molecule has 0 unspecified atom stereocenters. The summed E-state index contributed by atoms with van der Waals surface area (Å²) < 4.78 is 0. The first-order chi connectivity index (χ1) is 8.15. The molecule has 1 aromatic carbocycles.